The van der Waals surface area contributed by atoms with Crippen molar-refractivity contribution in [2.45, 2.75) is 18.9 Å². The molecule has 0 aliphatic heterocycles. The van der Waals surface area contributed by atoms with Gasteiger partial charge in [-0.3, -0.25) is 0 Å². The lowest BCUT2D eigenvalue weighted by molar-refractivity contribution is 0.214. The van der Waals surface area contributed by atoms with Gasteiger partial charge < -0.3 is 10.5 Å². The average molecular weight is 225 g/mol. The van der Waals surface area contributed by atoms with Gasteiger partial charge in [0.05, 0.1) is 0 Å². The molecule has 2 nitrogen and oxygen atoms in total. The zero-order valence-corrected chi connectivity index (χ0v) is 9.60. The average Bonchev–Trinajstić information content (AvgIpc) is 2.74. The van der Waals surface area contributed by atoms with E-state index in [0.717, 1.165) is 24.3 Å². The first-order chi connectivity index (χ1) is 8.31. The Balaban J connectivity index is 1.71. The summed E-state index contributed by atoms with van der Waals surface area (Å²) < 4.78 is 5.96. The van der Waals surface area contributed by atoms with Crippen LogP contribution >= 0.6 is 0 Å². The molecule has 17 heavy (non-hydrogen) atoms. The second-order valence-electron chi connectivity index (χ2n) is 4.49. The number of anilines is 1. The van der Waals surface area contributed by atoms with Crippen LogP contribution < -0.4 is 10.5 Å². The molecule has 1 aliphatic carbocycles. The Hall–Kier alpha value is -1.96. The van der Waals surface area contributed by atoms with Crippen molar-refractivity contribution < 1.29 is 4.74 Å². The largest absolute Gasteiger partial charge is 0.490 e. The lowest BCUT2D eigenvalue weighted by Gasteiger charge is -2.13. The highest BCUT2D eigenvalue weighted by Gasteiger charge is 2.22. The molecule has 2 heteroatoms. The highest BCUT2D eigenvalue weighted by atomic mass is 16.5. The molecular formula is C15H15NO. The van der Waals surface area contributed by atoms with Gasteiger partial charge in [-0.25, -0.2) is 0 Å². The second kappa shape index (κ2) is 4.13. The van der Waals surface area contributed by atoms with Crippen LogP contribution in [-0.2, 0) is 12.8 Å². The van der Waals surface area contributed by atoms with Crippen LogP contribution in [0.5, 0.6) is 5.75 Å². The van der Waals surface area contributed by atoms with E-state index in [-0.39, 0.29) is 6.10 Å². The Bertz CT molecular complexity index is 494. The third-order valence-electron chi connectivity index (χ3n) is 3.20. The molecule has 2 aromatic rings. The molecule has 86 valence electrons. The molecule has 0 atom stereocenters. The molecule has 0 spiro atoms. The van der Waals surface area contributed by atoms with Crippen LogP contribution in [0.2, 0.25) is 0 Å². The van der Waals surface area contributed by atoms with Crippen molar-refractivity contribution >= 4 is 5.69 Å². The summed E-state index contributed by atoms with van der Waals surface area (Å²) in [6.07, 6.45) is 2.26. The van der Waals surface area contributed by atoms with E-state index in [4.69, 9.17) is 10.5 Å². The first kappa shape index (κ1) is 10.2. The summed E-state index contributed by atoms with van der Waals surface area (Å²) >= 11 is 0. The summed E-state index contributed by atoms with van der Waals surface area (Å²) in [7, 11) is 0. The zero-order valence-electron chi connectivity index (χ0n) is 9.60. The van der Waals surface area contributed by atoms with Gasteiger partial charge in [0.2, 0.25) is 0 Å². The molecule has 2 N–H and O–H groups in total. The SMILES string of the molecule is Nc1ccc(OC2Cc3ccccc3C2)cc1. The van der Waals surface area contributed by atoms with E-state index < -0.39 is 0 Å². The van der Waals surface area contributed by atoms with Crippen molar-refractivity contribution in [1.82, 2.24) is 0 Å². The molecule has 0 amide bonds. The Labute approximate surface area is 101 Å². The Morgan fingerprint density at radius 2 is 1.47 bits per heavy atom. The van der Waals surface area contributed by atoms with Crippen molar-refractivity contribution in [2.24, 2.45) is 0 Å². The van der Waals surface area contributed by atoms with Gasteiger partial charge >= 0.3 is 0 Å². The molecule has 0 aromatic heterocycles. The molecule has 1 aliphatic rings. The summed E-state index contributed by atoms with van der Waals surface area (Å²) in [6.45, 7) is 0. The molecule has 0 bridgehead atoms. The first-order valence-electron chi connectivity index (χ1n) is 5.90. The molecule has 0 unspecified atom stereocenters. The lowest BCUT2D eigenvalue weighted by Crippen LogP contribution is -2.16. The molecule has 0 fully saturated rings. The third kappa shape index (κ3) is 2.11. The van der Waals surface area contributed by atoms with Gasteiger partial charge in [-0.1, -0.05) is 24.3 Å². The summed E-state index contributed by atoms with van der Waals surface area (Å²) in [6, 6.07) is 16.1. The van der Waals surface area contributed by atoms with Gasteiger partial charge in [0.25, 0.3) is 0 Å². The van der Waals surface area contributed by atoms with Gasteiger partial charge in [0, 0.05) is 18.5 Å². The summed E-state index contributed by atoms with van der Waals surface area (Å²) in [4.78, 5) is 0. The number of hydrogen-bond donors (Lipinski definition) is 1. The van der Waals surface area contributed by atoms with E-state index in [1.54, 1.807) is 0 Å². The quantitative estimate of drug-likeness (QED) is 0.798. The Kier molecular flexibility index (Phi) is 2.48. The Morgan fingerprint density at radius 3 is 2.06 bits per heavy atom. The number of nitrogens with two attached hydrogens (primary N) is 1. The topological polar surface area (TPSA) is 35.2 Å². The standard InChI is InChI=1S/C15H15NO/c16-13-5-7-14(8-6-13)17-15-9-11-3-1-2-4-12(11)10-15/h1-8,15H,9-10,16H2. The van der Waals surface area contributed by atoms with Crippen LogP contribution in [0.3, 0.4) is 0 Å². The van der Waals surface area contributed by atoms with E-state index >= 15 is 0 Å². The van der Waals surface area contributed by atoms with Crippen LogP contribution in [0.15, 0.2) is 48.5 Å². The van der Waals surface area contributed by atoms with Crippen LogP contribution in [-0.4, -0.2) is 6.10 Å². The zero-order chi connectivity index (χ0) is 11.7. The van der Waals surface area contributed by atoms with Gasteiger partial charge in [0.15, 0.2) is 0 Å². The highest BCUT2D eigenvalue weighted by molar-refractivity contribution is 5.42. The van der Waals surface area contributed by atoms with Crippen LogP contribution in [0.1, 0.15) is 11.1 Å². The molecular weight excluding hydrogens is 210 g/mol. The monoisotopic (exact) mass is 225 g/mol. The number of nitrogen functional groups attached to an aromatic ring is 1. The number of hydrogen-bond acceptors (Lipinski definition) is 2. The Morgan fingerprint density at radius 1 is 0.882 bits per heavy atom. The first-order valence-corrected chi connectivity index (χ1v) is 5.90. The minimum atomic E-state index is 0.260. The van der Waals surface area contributed by atoms with Crippen molar-refractivity contribution in [2.75, 3.05) is 5.73 Å². The second-order valence-corrected chi connectivity index (χ2v) is 4.49. The van der Waals surface area contributed by atoms with Crippen molar-refractivity contribution in [3.63, 3.8) is 0 Å². The summed E-state index contributed by atoms with van der Waals surface area (Å²) in [5, 5.41) is 0. The fourth-order valence-corrected chi connectivity index (χ4v) is 2.34. The minimum Gasteiger partial charge on any atom is -0.490 e. The maximum absolute atomic E-state index is 5.96. The molecule has 0 heterocycles. The lowest BCUT2D eigenvalue weighted by atomic mass is 10.1. The van der Waals surface area contributed by atoms with E-state index in [0.29, 0.717) is 0 Å². The van der Waals surface area contributed by atoms with Gasteiger partial charge in [0.1, 0.15) is 11.9 Å². The van der Waals surface area contributed by atoms with Crippen molar-refractivity contribution in [1.29, 1.82) is 0 Å². The van der Waals surface area contributed by atoms with Gasteiger partial charge in [-0.2, -0.15) is 0 Å². The van der Waals surface area contributed by atoms with Gasteiger partial charge in [-0.15, -0.1) is 0 Å². The highest BCUT2D eigenvalue weighted by Crippen LogP contribution is 2.25. The molecule has 0 saturated heterocycles. The number of ether oxygens (including phenoxy) is 1. The fourth-order valence-electron chi connectivity index (χ4n) is 2.34. The number of rotatable bonds is 2. The maximum Gasteiger partial charge on any atom is 0.119 e. The molecule has 2 aromatic carbocycles. The number of fused-ring (bicyclic) bond motifs is 1. The summed E-state index contributed by atoms with van der Waals surface area (Å²) in [5.74, 6) is 0.900. The predicted molar refractivity (Wildman–Crippen MR) is 69.1 cm³/mol. The van der Waals surface area contributed by atoms with E-state index in [2.05, 4.69) is 24.3 Å². The van der Waals surface area contributed by atoms with Crippen LogP contribution in [0, 0.1) is 0 Å². The molecule has 0 radical (unpaired) electrons. The molecule has 3 rings (SSSR count). The van der Waals surface area contributed by atoms with E-state index in [1.807, 2.05) is 24.3 Å². The maximum atomic E-state index is 5.96. The predicted octanol–water partition coefficient (Wildman–Crippen LogP) is 2.82. The number of benzene rings is 2. The minimum absolute atomic E-state index is 0.260. The van der Waals surface area contributed by atoms with E-state index in [1.165, 1.54) is 11.1 Å². The molecule has 0 saturated carbocycles. The fraction of sp³-hybridized carbons (Fsp3) is 0.200. The summed E-state index contributed by atoms with van der Waals surface area (Å²) in [5.41, 5.74) is 9.24. The smallest absolute Gasteiger partial charge is 0.119 e. The van der Waals surface area contributed by atoms with Crippen LogP contribution in [0.25, 0.3) is 0 Å². The van der Waals surface area contributed by atoms with Crippen molar-refractivity contribution in [3.05, 3.63) is 59.7 Å². The third-order valence-corrected chi connectivity index (χ3v) is 3.20. The normalized spacial score (nSPS) is 14.6. The van der Waals surface area contributed by atoms with Crippen LogP contribution in [0.4, 0.5) is 5.69 Å². The van der Waals surface area contributed by atoms with Crippen molar-refractivity contribution in [3.8, 4) is 5.75 Å². The van der Waals surface area contributed by atoms with E-state index in [9.17, 15) is 0 Å². The van der Waals surface area contributed by atoms with Gasteiger partial charge in [-0.05, 0) is 35.4 Å².